The molecule has 7 heteroatoms. The summed E-state index contributed by atoms with van der Waals surface area (Å²) in [6.45, 7) is 0.581. The molecule has 0 atom stereocenters. The summed E-state index contributed by atoms with van der Waals surface area (Å²) < 4.78 is 0. The number of aryl methyl sites for hydroxylation is 2. The van der Waals surface area contributed by atoms with E-state index in [4.69, 9.17) is 0 Å². The van der Waals surface area contributed by atoms with Gasteiger partial charge in [0.05, 0.1) is 16.9 Å². The third-order valence-electron chi connectivity index (χ3n) is 3.16. The Hall–Kier alpha value is -1.76. The van der Waals surface area contributed by atoms with Gasteiger partial charge in [-0.05, 0) is 25.7 Å². The van der Waals surface area contributed by atoms with Crippen LogP contribution in [0.5, 0.6) is 0 Å². The Morgan fingerprint density at radius 2 is 2.32 bits per heavy atom. The van der Waals surface area contributed by atoms with Gasteiger partial charge in [-0.3, -0.25) is 4.79 Å². The molecule has 19 heavy (non-hydrogen) atoms. The Labute approximate surface area is 114 Å². The molecule has 0 bridgehead atoms. The van der Waals surface area contributed by atoms with E-state index in [1.54, 1.807) is 11.3 Å². The molecule has 1 aliphatic carbocycles. The van der Waals surface area contributed by atoms with Crippen LogP contribution in [0.4, 0.5) is 0 Å². The number of hydrogen-bond acceptors (Lipinski definition) is 5. The van der Waals surface area contributed by atoms with Gasteiger partial charge < -0.3 is 5.32 Å². The third-order valence-corrected chi connectivity index (χ3v) is 4.38. The monoisotopic (exact) mass is 277 g/mol. The number of nitrogens with zero attached hydrogens (tertiary/aromatic N) is 3. The van der Waals surface area contributed by atoms with Crippen LogP contribution in [0.15, 0.2) is 6.20 Å². The number of carbonyl (C=O) groups is 1. The van der Waals surface area contributed by atoms with Crippen molar-refractivity contribution in [3.8, 4) is 0 Å². The first-order valence-electron chi connectivity index (χ1n) is 6.44. The summed E-state index contributed by atoms with van der Waals surface area (Å²) >= 11 is 1.79. The summed E-state index contributed by atoms with van der Waals surface area (Å²) in [5, 5.41) is 13.7. The average molecular weight is 277 g/mol. The van der Waals surface area contributed by atoms with Crippen LogP contribution in [0.3, 0.4) is 0 Å². The molecular formula is C12H15N5OS. The van der Waals surface area contributed by atoms with Crippen LogP contribution in [0.2, 0.25) is 0 Å². The molecule has 1 amide bonds. The lowest BCUT2D eigenvalue weighted by atomic mass is 10.0. The molecule has 0 spiro atoms. The number of rotatable bonds is 4. The van der Waals surface area contributed by atoms with E-state index in [0.717, 1.165) is 24.3 Å². The minimum absolute atomic E-state index is 0.199. The quantitative estimate of drug-likeness (QED) is 0.877. The number of thiazole rings is 1. The summed E-state index contributed by atoms with van der Waals surface area (Å²) in [6.07, 6.45) is 6.99. The largest absolute Gasteiger partial charge is 0.350 e. The van der Waals surface area contributed by atoms with Gasteiger partial charge in [-0.25, -0.2) is 4.98 Å². The van der Waals surface area contributed by atoms with E-state index in [9.17, 15) is 4.79 Å². The van der Waals surface area contributed by atoms with E-state index in [1.165, 1.54) is 29.6 Å². The third kappa shape index (κ3) is 2.81. The smallest absolute Gasteiger partial charge is 0.273 e. The molecule has 6 nitrogen and oxygen atoms in total. The van der Waals surface area contributed by atoms with Gasteiger partial charge in [0.1, 0.15) is 0 Å². The van der Waals surface area contributed by atoms with Crippen LogP contribution >= 0.6 is 11.3 Å². The highest BCUT2D eigenvalue weighted by atomic mass is 32.1. The summed E-state index contributed by atoms with van der Waals surface area (Å²) in [5.41, 5.74) is 1.59. The molecule has 0 aliphatic heterocycles. The number of hydrogen-bond donors (Lipinski definition) is 2. The lowest BCUT2D eigenvalue weighted by Crippen LogP contribution is -2.26. The van der Waals surface area contributed by atoms with Gasteiger partial charge in [-0.2, -0.15) is 15.4 Å². The number of fused-ring (bicyclic) bond motifs is 1. The topological polar surface area (TPSA) is 83.6 Å². The number of H-pyrrole nitrogens is 1. The Kier molecular flexibility index (Phi) is 3.54. The molecule has 0 unspecified atom stereocenters. The van der Waals surface area contributed by atoms with Crippen LogP contribution in [-0.4, -0.2) is 32.8 Å². The average Bonchev–Trinajstić information content (AvgIpc) is 3.07. The van der Waals surface area contributed by atoms with Gasteiger partial charge in [-0.15, -0.1) is 11.3 Å². The zero-order chi connectivity index (χ0) is 13.1. The molecule has 0 aromatic carbocycles. The highest BCUT2D eigenvalue weighted by molar-refractivity contribution is 7.11. The van der Waals surface area contributed by atoms with Crippen LogP contribution in [-0.2, 0) is 19.3 Å². The van der Waals surface area contributed by atoms with Gasteiger partial charge in [0.2, 0.25) is 0 Å². The van der Waals surface area contributed by atoms with Crippen molar-refractivity contribution in [2.45, 2.75) is 32.1 Å². The Morgan fingerprint density at radius 3 is 3.11 bits per heavy atom. The SMILES string of the molecule is O=C(NCCc1nc2c(s1)CCCC2)c1cn[nH]n1. The van der Waals surface area contributed by atoms with Crippen LogP contribution in [0.25, 0.3) is 0 Å². The van der Waals surface area contributed by atoms with Crippen molar-refractivity contribution in [2.75, 3.05) is 6.54 Å². The first-order chi connectivity index (χ1) is 9.33. The fraction of sp³-hybridized carbons (Fsp3) is 0.500. The molecule has 100 valence electrons. The van der Waals surface area contributed by atoms with Gasteiger partial charge in [0.15, 0.2) is 5.69 Å². The van der Waals surface area contributed by atoms with Crippen molar-refractivity contribution >= 4 is 17.2 Å². The molecule has 0 saturated heterocycles. The molecule has 2 N–H and O–H groups in total. The van der Waals surface area contributed by atoms with Gasteiger partial charge in [-0.1, -0.05) is 0 Å². The molecule has 0 fully saturated rings. The molecule has 2 aromatic rings. The predicted molar refractivity (Wildman–Crippen MR) is 71.2 cm³/mol. The first kappa shape index (κ1) is 12.3. The van der Waals surface area contributed by atoms with E-state index in [1.807, 2.05) is 0 Å². The molecule has 0 saturated carbocycles. The molecule has 0 radical (unpaired) electrons. The Morgan fingerprint density at radius 1 is 1.42 bits per heavy atom. The van der Waals surface area contributed by atoms with Crippen molar-refractivity contribution in [2.24, 2.45) is 0 Å². The number of carbonyl (C=O) groups excluding carboxylic acids is 1. The fourth-order valence-electron chi connectivity index (χ4n) is 2.20. The van der Waals surface area contributed by atoms with E-state index < -0.39 is 0 Å². The minimum Gasteiger partial charge on any atom is -0.350 e. The molecule has 3 rings (SSSR count). The second kappa shape index (κ2) is 5.48. The van der Waals surface area contributed by atoms with Gasteiger partial charge in [0, 0.05) is 17.8 Å². The second-order valence-corrected chi connectivity index (χ2v) is 5.71. The highest BCUT2D eigenvalue weighted by Gasteiger charge is 2.15. The van der Waals surface area contributed by atoms with Crippen molar-refractivity contribution < 1.29 is 4.79 Å². The van der Waals surface area contributed by atoms with Crippen molar-refractivity contribution in [1.82, 2.24) is 25.7 Å². The fourth-order valence-corrected chi connectivity index (χ4v) is 3.35. The number of aromatic amines is 1. The zero-order valence-electron chi connectivity index (χ0n) is 10.5. The maximum absolute atomic E-state index is 11.6. The summed E-state index contributed by atoms with van der Waals surface area (Å²) in [4.78, 5) is 17.7. The van der Waals surface area contributed by atoms with Gasteiger partial charge in [0.25, 0.3) is 5.91 Å². The zero-order valence-corrected chi connectivity index (χ0v) is 11.3. The van der Waals surface area contributed by atoms with Crippen LogP contribution in [0, 0.1) is 0 Å². The Bertz CT molecular complexity index is 539. The van der Waals surface area contributed by atoms with Crippen LogP contribution < -0.4 is 5.32 Å². The standard InChI is InChI=1S/C12H15N5OS/c18-12(9-7-14-17-16-9)13-6-5-11-15-8-3-1-2-4-10(8)19-11/h7H,1-6H2,(H,13,18)(H,14,16,17). The van der Waals surface area contributed by atoms with Crippen LogP contribution in [0.1, 0.15) is 38.9 Å². The molecule has 2 aromatic heterocycles. The van der Waals surface area contributed by atoms with E-state index in [-0.39, 0.29) is 5.91 Å². The molecule has 1 aliphatic rings. The summed E-state index contributed by atoms with van der Waals surface area (Å²) in [6, 6.07) is 0. The van der Waals surface area contributed by atoms with Gasteiger partial charge >= 0.3 is 0 Å². The molecular weight excluding hydrogens is 262 g/mol. The number of amides is 1. The number of nitrogens with one attached hydrogen (secondary N) is 2. The summed E-state index contributed by atoms with van der Waals surface area (Å²) in [5.74, 6) is -0.199. The predicted octanol–water partition coefficient (Wildman–Crippen LogP) is 1.11. The molecule has 2 heterocycles. The number of aromatic nitrogens is 4. The van der Waals surface area contributed by atoms with Crippen molar-refractivity contribution in [1.29, 1.82) is 0 Å². The van der Waals surface area contributed by atoms with E-state index in [0.29, 0.717) is 12.2 Å². The van der Waals surface area contributed by atoms with E-state index in [2.05, 4.69) is 25.7 Å². The highest BCUT2D eigenvalue weighted by Crippen LogP contribution is 2.26. The second-order valence-electron chi connectivity index (χ2n) is 4.55. The maximum Gasteiger partial charge on any atom is 0.273 e. The van der Waals surface area contributed by atoms with Crippen molar-refractivity contribution in [3.05, 3.63) is 27.5 Å². The normalized spacial score (nSPS) is 14.1. The maximum atomic E-state index is 11.6. The first-order valence-corrected chi connectivity index (χ1v) is 7.26. The summed E-state index contributed by atoms with van der Waals surface area (Å²) in [7, 11) is 0. The van der Waals surface area contributed by atoms with Crippen molar-refractivity contribution in [3.63, 3.8) is 0 Å². The minimum atomic E-state index is -0.199. The lowest BCUT2D eigenvalue weighted by molar-refractivity contribution is 0.0949. The van der Waals surface area contributed by atoms with E-state index >= 15 is 0 Å². The Balaban J connectivity index is 1.52. The lowest BCUT2D eigenvalue weighted by Gasteiger charge is -2.06.